The van der Waals surface area contributed by atoms with E-state index in [1.165, 1.54) is 17.8 Å². The number of nitrogens with one attached hydrogen (secondary N) is 1. The van der Waals surface area contributed by atoms with Crippen molar-refractivity contribution in [2.45, 2.75) is 33.1 Å². The summed E-state index contributed by atoms with van der Waals surface area (Å²) in [5.41, 5.74) is 7.89. The molecule has 0 atom stereocenters. The van der Waals surface area contributed by atoms with Crippen LogP contribution in [0.15, 0.2) is 24.3 Å². The minimum absolute atomic E-state index is 0.740. The molecule has 1 rings (SSSR count). The van der Waals surface area contributed by atoms with E-state index < -0.39 is 0 Å². The maximum Gasteiger partial charge on any atom is 0.0641 e. The topological polar surface area (TPSA) is 59.8 Å². The van der Waals surface area contributed by atoms with Crippen molar-refractivity contribution in [3.63, 3.8) is 0 Å². The van der Waals surface area contributed by atoms with Crippen LogP contribution in [-0.4, -0.2) is 52.6 Å². The Labute approximate surface area is 147 Å². The monoisotopic (exact) mass is 337 g/mol. The molecule has 138 valence electrons. The van der Waals surface area contributed by atoms with Crippen LogP contribution in [0.2, 0.25) is 0 Å². The fraction of sp³-hybridized carbons (Fsp3) is 0.684. The van der Waals surface area contributed by atoms with Gasteiger partial charge in [0.25, 0.3) is 0 Å². The maximum atomic E-state index is 5.51. The predicted molar refractivity (Wildman–Crippen MR) is 103 cm³/mol. The Hall–Kier alpha value is -1.30. The van der Waals surface area contributed by atoms with Crippen molar-refractivity contribution in [2.24, 2.45) is 5.73 Å². The molecule has 24 heavy (non-hydrogen) atoms. The summed E-state index contributed by atoms with van der Waals surface area (Å²) in [6, 6.07) is 8.62. The lowest BCUT2D eigenvalue weighted by atomic mass is 10.2. The number of hydrogen-bond donors (Lipinski definition) is 2. The molecule has 0 aromatic heterocycles. The van der Waals surface area contributed by atoms with Gasteiger partial charge >= 0.3 is 0 Å². The number of nitrogens with two attached hydrogens (primary N) is 1. The zero-order valence-electron chi connectivity index (χ0n) is 15.4. The van der Waals surface area contributed by atoms with Crippen molar-refractivity contribution in [3.05, 3.63) is 24.3 Å². The van der Waals surface area contributed by atoms with Gasteiger partial charge in [-0.25, -0.2) is 0 Å². The smallest absolute Gasteiger partial charge is 0.0641 e. The summed E-state index contributed by atoms with van der Waals surface area (Å²) in [5, 5.41) is 3.47. The first-order valence-electron chi connectivity index (χ1n) is 9.26. The highest BCUT2D eigenvalue weighted by atomic mass is 16.5. The van der Waals surface area contributed by atoms with Crippen LogP contribution in [0.3, 0.4) is 0 Å². The Bertz CT molecular complexity index is 388. The van der Waals surface area contributed by atoms with Crippen molar-refractivity contribution in [1.29, 1.82) is 0 Å². The second-order valence-electron chi connectivity index (χ2n) is 5.70. The van der Waals surface area contributed by atoms with Gasteiger partial charge in [-0.1, -0.05) is 6.42 Å². The van der Waals surface area contributed by atoms with Gasteiger partial charge in [-0.3, -0.25) is 0 Å². The average Bonchev–Trinajstić information content (AvgIpc) is 2.61. The van der Waals surface area contributed by atoms with Gasteiger partial charge in [-0.05, 0) is 57.5 Å². The minimum Gasteiger partial charge on any atom is -0.385 e. The molecule has 3 N–H and O–H groups in total. The SMILES string of the molecule is CCOCCN(CCOCC)c1ccc(NCCCCCN)cc1. The van der Waals surface area contributed by atoms with Crippen molar-refractivity contribution in [1.82, 2.24) is 0 Å². The van der Waals surface area contributed by atoms with Gasteiger partial charge in [-0.15, -0.1) is 0 Å². The zero-order chi connectivity index (χ0) is 17.5. The molecule has 0 heterocycles. The van der Waals surface area contributed by atoms with Crippen molar-refractivity contribution in [3.8, 4) is 0 Å². The quantitative estimate of drug-likeness (QED) is 0.482. The molecule has 0 aliphatic rings. The molecule has 5 nitrogen and oxygen atoms in total. The Morgan fingerprint density at radius 1 is 0.917 bits per heavy atom. The summed E-state index contributed by atoms with van der Waals surface area (Å²) in [6.45, 7) is 10.6. The summed E-state index contributed by atoms with van der Waals surface area (Å²) < 4.78 is 11.0. The van der Waals surface area contributed by atoms with Crippen LogP contribution < -0.4 is 16.0 Å². The van der Waals surface area contributed by atoms with Gasteiger partial charge < -0.3 is 25.4 Å². The van der Waals surface area contributed by atoms with Crippen LogP contribution in [0.5, 0.6) is 0 Å². The van der Waals surface area contributed by atoms with Gasteiger partial charge in [0.05, 0.1) is 13.2 Å². The molecule has 0 saturated carbocycles. The molecule has 0 bridgehead atoms. The van der Waals surface area contributed by atoms with Gasteiger partial charge in [-0.2, -0.15) is 0 Å². The first kappa shape index (κ1) is 20.7. The van der Waals surface area contributed by atoms with Crippen LogP contribution in [0, 0.1) is 0 Å². The highest BCUT2D eigenvalue weighted by molar-refractivity contribution is 5.55. The average molecular weight is 338 g/mol. The van der Waals surface area contributed by atoms with Crippen molar-refractivity contribution < 1.29 is 9.47 Å². The number of ether oxygens (including phenoxy) is 2. The summed E-state index contributed by atoms with van der Waals surface area (Å²) >= 11 is 0. The summed E-state index contributed by atoms with van der Waals surface area (Å²) in [4.78, 5) is 2.32. The van der Waals surface area contributed by atoms with E-state index in [1.54, 1.807) is 0 Å². The molecule has 0 amide bonds. The predicted octanol–water partition coefficient (Wildman–Crippen LogP) is 3.11. The number of unbranched alkanes of at least 4 members (excludes halogenated alkanes) is 2. The lowest BCUT2D eigenvalue weighted by molar-refractivity contribution is 0.141. The molecule has 0 radical (unpaired) electrons. The van der Waals surface area contributed by atoms with Crippen LogP contribution in [0.4, 0.5) is 11.4 Å². The molecule has 0 fully saturated rings. The molecular weight excluding hydrogens is 302 g/mol. The fourth-order valence-corrected chi connectivity index (χ4v) is 2.48. The third-order valence-electron chi connectivity index (χ3n) is 3.86. The summed E-state index contributed by atoms with van der Waals surface area (Å²) in [5.74, 6) is 0. The molecule has 0 spiro atoms. The van der Waals surface area contributed by atoms with E-state index in [4.69, 9.17) is 15.2 Å². The first-order valence-corrected chi connectivity index (χ1v) is 9.26. The van der Waals surface area contributed by atoms with Gasteiger partial charge in [0.2, 0.25) is 0 Å². The third kappa shape index (κ3) is 9.11. The number of hydrogen-bond acceptors (Lipinski definition) is 5. The molecule has 0 aliphatic carbocycles. The molecule has 0 unspecified atom stereocenters. The zero-order valence-corrected chi connectivity index (χ0v) is 15.4. The number of anilines is 2. The first-order chi connectivity index (χ1) is 11.8. The number of rotatable bonds is 15. The van der Waals surface area contributed by atoms with E-state index in [9.17, 15) is 0 Å². The normalized spacial score (nSPS) is 10.8. The number of nitrogens with zero attached hydrogens (tertiary/aromatic N) is 1. The molecular formula is C19H35N3O2. The van der Waals surface area contributed by atoms with Crippen LogP contribution >= 0.6 is 0 Å². The van der Waals surface area contributed by atoms with E-state index >= 15 is 0 Å². The van der Waals surface area contributed by atoms with Crippen molar-refractivity contribution in [2.75, 3.05) is 62.8 Å². The molecule has 0 saturated heterocycles. The van der Waals surface area contributed by atoms with E-state index in [-0.39, 0.29) is 0 Å². The lowest BCUT2D eigenvalue weighted by Gasteiger charge is -2.25. The second-order valence-corrected chi connectivity index (χ2v) is 5.70. The second kappa shape index (κ2) is 14.1. The Balaban J connectivity index is 2.46. The van der Waals surface area contributed by atoms with E-state index in [1.807, 2.05) is 13.8 Å². The van der Waals surface area contributed by atoms with Crippen LogP contribution in [0.25, 0.3) is 0 Å². The Morgan fingerprint density at radius 3 is 2.08 bits per heavy atom. The Kier molecular flexibility index (Phi) is 12.2. The maximum absolute atomic E-state index is 5.51. The minimum atomic E-state index is 0.740. The number of benzene rings is 1. The van der Waals surface area contributed by atoms with Crippen LogP contribution in [-0.2, 0) is 9.47 Å². The molecule has 1 aromatic rings. The molecule has 0 aliphatic heterocycles. The summed E-state index contributed by atoms with van der Waals surface area (Å²) in [6.07, 6.45) is 3.45. The standard InChI is InChI=1S/C19H35N3O2/c1-3-23-16-14-22(15-17-24-4-2)19-10-8-18(9-11-19)21-13-7-5-6-12-20/h8-11,21H,3-7,12-17,20H2,1-2H3. The van der Waals surface area contributed by atoms with E-state index in [0.717, 1.165) is 65.4 Å². The third-order valence-corrected chi connectivity index (χ3v) is 3.86. The largest absolute Gasteiger partial charge is 0.385 e. The molecule has 1 aromatic carbocycles. The lowest BCUT2D eigenvalue weighted by Crippen LogP contribution is -2.31. The van der Waals surface area contributed by atoms with Gasteiger partial charge in [0.15, 0.2) is 0 Å². The molecule has 5 heteroatoms. The van der Waals surface area contributed by atoms with Gasteiger partial charge in [0.1, 0.15) is 0 Å². The van der Waals surface area contributed by atoms with Crippen LogP contribution in [0.1, 0.15) is 33.1 Å². The van der Waals surface area contributed by atoms with Gasteiger partial charge in [0, 0.05) is 44.2 Å². The van der Waals surface area contributed by atoms with E-state index in [0.29, 0.717) is 0 Å². The highest BCUT2D eigenvalue weighted by Gasteiger charge is 2.06. The Morgan fingerprint density at radius 2 is 1.54 bits per heavy atom. The summed E-state index contributed by atoms with van der Waals surface area (Å²) in [7, 11) is 0. The van der Waals surface area contributed by atoms with E-state index in [2.05, 4.69) is 34.5 Å². The van der Waals surface area contributed by atoms with Crippen molar-refractivity contribution >= 4 is 11.4 Å². The fourth-order valence-electron chi connectivity index (χ4n) is 2.48. The highest BCUT2D eigenvalue weighted by Crippen LogP contribution is 2.18.